The third kappa shape index (κ3) is 7.59. The van der Waals surface area contributed by atoms with Crippen molar-refractivity contribution in [3.63, 3.8) is 0 Å². The summed E-state index contributed by atoms with van der Waals surface area (Å²) in [5.41, 5.74) is 1.06. The molecule has 1 aromatic rings. The highest BCUT2D eigenvalue weighted by atomic mass is 16.5. The molecule has 1 rings (SSSR count). The molecule has 2 N–H and O–H groups in total. The Labute approximate surface area is 114 Å². The van der Waals surface area contributed by atoms with Gasteiger partial charge in [0.25, 0.3) is 0 Å². The molecule has 0 saturated heterocycles. The number of aliphatic hydroxyl groups excluding tert-OH is 1. The molecule has 0 fully saturated rings. The Balaban J connectivity index is 2.02. The zero-order chi connectivity index (χ0) is 13.9. The molecule has 0 saturated carbocycles. The molecule has 0 aromatic heterocycles. The quantitative estimate of drug-likeness (QED) is 0.668. The van der Waals surface area contributed by atoms with Crippen LogP contribution in [0.4, 0.5) is 0 Å². The van der Waals surface area contributed by atoms with Gasteiger partial charge >= 0.3 is 0 Å². The molecule has 0 radical (unpaired) electrons. The number of rotatable bonds is 9. The number of carbonyl (C=O) groups excluding carboxylic acids is 1. The van der Waals surface area contributed by atoms with Crippen LogP contribution in [0.3, 0.4) is 0 Å². The van der Waals surface area contributed by atoms with Gasteiger partial charge in [-0.2, -0.15) is 0 Å². The van der Waals surface area contributed by atoms with Gasteiger partial charge in [0.2, 0.25) is 5.91 Å². The Morgan fingerprint density at radius 1 is 1.37 bits per heavy atom. The fourth-order valence-corrected chi connectivity index (χ4v) is 1.66. The van der Waals surface area contributed by atoms with E-state index in [1.54, 1.807) is 0 Å². The summed E-state index contributed by atoms with van der Waals surface area (Å²) in [7, 11) is 0. The predicted octanol–water partition coefficient (Wildman–Crippen LogP) is 1.73. The first-order chi connectivity index (χ1) is 9.22. The molecule has 1 aromatic carbocycles. The van der Waals surface area contributed by atoms with Gasteiger partial charge in [-0.3, -0.25) is 4.79 Å². The molecule has 0 spiro atoms. The zero-order valence-electron chi connectivity index (χ0n) is 11.5. The minimum absolute atomic E-state index is 0.0877. The van der Waals surface area contributed by atoms with E-state index in [-0.39, 0.29) is 19.1 Å². The maximum Gasteiger partial charge on any atom is 0.246 e. The second-order valence-electron chi connectivity index (χ2n) is 4.76. The number of aliphatic hydroxyl groups is 1. The molecule has 0 aliphatic carbocycles. The lowest BCUT2D eigenvalue weighted by Crippen LogP contribution is -2.28. The summed E-state index contributed by atoms with van der Waals surface area (Å²) in [4.78, 5) is 11.5. The topological polar surface area (TPSA) is 58.6 Å². The highest BCUT2D eigenvalue weighted by Gasteiger charge is 2.03. The Kier molecular flexibility index (Phi) is 7.86. The lowest BCUT2D eigenvalue weighted by atomic mass is 10.1. The third-order valence-electron chi connectivity index (χ3n) is 2.85. The van der Waals surface area contributed by atoms with Crippen LogP contribution >= 0.6 is 0 Å². The van der Waals surface area contributed by atoms with Gasteiger partial charge in [0.15, 0.2) is 0 Å². The van der Waals surface area contributed by atoms with E-state index in [1.165, 1.54) is 0 Å². The van der Waals surface area contributed by atoms with Crippen molar-refractivity contribution in [3.8, 4) is 0 Å². The van der Waals surface area contributed by atoms with Crippen molar-refractivity contribution in [2.45, 2.75) is 26.4 Å². The van der Waals surface area contributed by atoms with Gasteiger partial charge in [-0.1, -0.05) is 37.3 Å². The summed E-state index contributed by atoms with van der Waals surface area (Å²) < 4.78 is 5.33. The van der Waals surface area contributed by atoms with Crippen molar-refractivity contribution in [2.75, 3.05) is 19.8 Å². The van der Waals surface area contributed by atoms with Crippen LogP contribution in [-0.2, 0) is 16.1 Å². The molecule has 1 amide bonds. The normalized spacial score (nSPS) is 12.1. The lowest BCUT2D eigenvalue weighted by molar-refractivity contribution is -0.126. The van der Waals surface area contributed by atoms with Crippen molar-refractivity contribution in [2.24, 2.45) is 5.92 Å². The van der Waals surface area contributed by atoms with Crippen LogP contribution < -0.4 is 5.32 Å². The largest absolute Gasteiger partial charge is 0.396 e. The number of amides is 1. The number of nitrogens with one attached hydrogen (secondary N) is 1. The minimum Gasteiger partial charge on any atom is -0.396 e. The highest BCUT2D eigenvalue weighted by molar-refractivity contribution is 5.77. The van der Waals surface area contributed by atoms with Gasteiger partial charge in [0.1, 0.15) is 6.61 Å². The predicted molar refractivity (Wildman–Crippen MR) is 74.6 cm³/mol. The summed E-state index contributed by atoms with van der Waals surface area (Å²) in [5.74, 6) is 0.207. The zero-order valence-corrected chi connectivity index (χ0v) is 11.5. The highest BCUT2D eigenvalue weighted by Crippen LogP contribution is 2.02. The maximum atomic E-state index is 11.5. The second kappa shape index (κ2) is 9.53. The van der Waals surface area contributed by atoms with Crippen LogP contribution in [0.25, 0.3) is 0 Å². The first-order valence-corrected chi connectivity index (χ1v) is 6.71. The molecule has 0 aliphatic rings. The van der Waals surface area contributed by atoms with Crippen LogP contribution in [0.5, 0.6) is 0 Å². The van der Waals surface area contributed by atoms with Crippen molar-refractivity contribution in [1.82, 2.24) is 5.32 Å². The number of benzene rings is 1. The second-order valence-corrected chi connectivity index (χ2v) is 4.76. The maximum absolute atomic E-state index is 11.5. The van der Waals surface area contributed by atoms with Crippen LogP contribution in [0, 0.1) is 5.92 Å². The van der Waals surface area contributed by atoms with Gasteiger partial charge in [-0.05, 0) is 24.3 Å². The summed E-state index contributed by atoms with van der Waals surface area (Å²) in [6, 6.07) is 9.77. The first kappa shape index (κ1) is 15.7. The molecule has 1 atom stereocenters. The molecule has 4 nitrogen and oxygen atoms in total. The van der Waals surface area contributed by atoms with Gasteiger partial charge in [-0.25, -0.2) is 0 Å². The average Bonchev–Trinajstić information content (AvgIpc) is 2.44. The van der Waals surface area contributed by atoms with Crippen LogP contribution in [-0.4, -0.2) is 30.8 Å². The molecule has 19 heavy (non-hydrogen) atoms. The van der Waals surface area contributed by atoms with Crippen molar-refractivity contribution in [3.05, 3.63) is 35.9 Å². The number of carbonyl (C=O) groups is 1. The number of hydrogen-bond acceptors (Lipinski definition) is 3. The molecular formula is C15H23NO3. The smallest absolute Gasteiger partial charge is 0.246 e. The Morgan fingerprint density at radius 2 is 2.11 bits per heavy atom. The van der Waals surface area contributed by atoms with Crippen LogP contribution in [0.1, 0.15) is 25.3 Å². The van der Waals surface area contributed by atoms with Crippen molar-refractivity contribution in [1.29, 1.82) is 0 Å². The SMILES string of the molecule is CC(CO)CCCNC(=O)COCc1ccccc1. The molecular weight excluding hydrogens is 242 g/mol. The van der Waals surface area contributed by atoms with E-state index in [0.717, 1.165) is 18.4 Å². The van der Waals surface area contributed by atoms with E-state index < -0.39 is 0 Å². The number of hydrogen-bond donors (Lipinski definition) is 2. The van der Waals surface area contributed by atoms with E-state index in [1.807, 2.05) is 37.3 Å². The minimum atomic E-state index is -0.0902. The standard InChI is InChI=1S/C15H23NO3/c1-13(10-17)6-5-9-16-15(18)12-19-11-14-7-3-2-4-8-14/h2-4,7-8,13,17H,5-6,9-12H2,1H3,(H,16,18). The van der Waals surface area contributed by atoms with Gasteiger partial charge in [0.05, 0.1) is 6.61 Å². The van der Waals surface area contributed by atoms with E-state index >= 15 is 0 Å². The Bertz CT molecular complexity index is 354. The van der Waals surface area contributed by atoms with Gasteiger partial charge in [-0.15, -0.1) is 0 Å². The van der Waals surface area contributed by atoms with Crippen LogP contribution in [0.2, 0.25) is 0 Å². The molecule has 4 heteroatoms. The molecule has 0 aliphatic heterocycles. The van der Waals surface area contributed by atoms with Crippen molar-refractivity contribution < 1.29 is 14.6 Å². The summed E-state index contributed by atoms with van der Waals surface area (Å²) >= 11 is 0. The summed E-state index contributed by atoms with van der Waals surface area (Å²) in [6.45, 7) is 3.37. The van der Waals surface area contributed by atoms with E-state index in [9.17, 15) is 4.79 Å². The Morgan fingerprint density at radius 3 is 2.79 bits per heavy atom. The van der Waals surface area contributed by atoms with Gasteiger partial charge in [0, 0.05) is 13.2 Å². The fourth-order valence-electron chi connectivity index (χ4n) is 1.66. The van der Waals surface area contributed by atoms with Crippen LogP contribution in [0.15, 0.2) is 30.3 Å². The van der Waals surface area contributed by atoms with E-state index in [4.69, 9.17) is 9.84 Å². The fraction of sp³-hybridized carbons (Fsp3) is 0.533. The van der Waals surface area contributed by atoms with Crippen molar-refractivity contribution >= 4 is 5.91 Å². The first-order valence-electron chi connectivity index (χ1n) is 6.71. The molecule has 106 valence electrons. The van der Waals surface area contributed by atoms with Gasteiger partial charge < -0.3 is 15.2 Å². The third-order valence-corrected chi connectivity index (χ3v) is 2.85. The molecule has 1 unspecified atom stereocenters. The summed E-state index contributed by atoms with van der Waals surface area (Å²) in [6.07, 6.45) is 1.80. The summed E-state index contributed by atoms with van der Waals surface area (Å²) in [5, 5.41) is 11.7. The van der Waals surface area contributed by atoms with E-state index in [0.29, 0.717) is 19.1 Å². The Hall–Kier alpha value is -1.39. The average molecular weight is 265 g/mol. The monoisotopic (exact) mass is 265 g/mol. The molecule has 0 heterocycles. The van der Waals surface area contributed by atoms with E-state index in [2.05, 4.69) is 5.32 Å². The molecule has 0 bridgehead atoms. The lowest BCUT2D eigenvalue weighted by Gasteiger charge is -2.09. The number of ether oxygens (including phenoxy) is 1.